The fourth-order valence-corrected chi connectivity index (χ4v) is 6.46. The predicted octanol–water partition coefficient (Wildman–Crippen LogP) is 4.27. The molecule has 1 fully saturated rings. The molecule has 1 atom stereocenters. The van der Waals surface area contributed by atoms with E-state index in [1.807, 2.05) is 36.4 Å². The second-order valence-electron chi connectivity index (χ2n) is 8.17. The summed E-state index contributed by atoms with van der Waals surface area (Å²) < 4.78 is 34.8. The van der Waals surface area contributed by atoms with Gasteiger partial charge >= 0.3 is 0 Å². The lowest BCUT2D eigenvalue weighted by Crippen LogP contribution is -2.43. The second-order valence-corrected chi connectivity index (χ2v) is 10.5. The Morgan fingerprint density at radius 1 is 1.12 bits per heavy atom. The van der Waals surface area contributed by atoms with E-state index in [1.54, 1.807) is 23.6 Å². The predicted molar refractivity (Wildman–Crippen MR) is 124 cm³/mol. The SMILES string of the molecule is Cc1onc2c1c(=O)n(C1CCCN(S(=O)(=O)Cc3ccccc3)C1)c1cccc(Cl)c21. The molecule has 0 amide bonds. The Hall–Kier alpha value is -2.68. The van der Waals surface area contributed by atoms with Crippen LogP contribution in [0.3, 0.4) is 0 Å². The van der Waals surface area contributed by atoms with E-state index in [2.05, 4.69) is 5.16 Å². The van der Waals surface area contributed by atoms with E-state index in [9.17, 15) is 13.2 Å². The van der Waals surface area contributed by atoms with Gasteiger partial charge in [0.25, 0.3) is 5.56 Å². The first kappa shape index (κ1) is 21.2. The van der Waals surface area contributed by atoms with Crippen molar-refractivity contribution in [3.63, 3.8) is 0 Å². The van der Waals surface area contributed by atoms with Crippen molar-refractivity contribution in [3.8, 4) is 0 Å². The molecule has 0 saturated carbocycles. The molecule has 32 heavy (non-hydrogen) atoms. The van der Waals surface area contributed by atoms with Crippen LogP contribution in [0.25, 0.3) is 21.8 Å². The summed E-state index contributed by atoms with van der Waals surface area (Å²) in [6, 6.07) is 14.2. The van der Waals surface area contributed by atoms with Crippen molar-refractivity contribution in [2.24, 2.45) is 0 Å². The number of rotatable bonds is 4. The van der Waals surface area contributed by atoms with Gasteiger partial charge in [-0.3, -0.25) is 4.79 Å². The molecule has 0 N–H and O–H groups in total. The monoisotopic (exact) mass is 471 g/mol. The van der Waals surface area contributed by atoms with Crippen LogP contribution in [0.2, 0.25) is 5.02 Å². The molecule has 1 saturated heterocycles. The third kappa shape index (κ3) is 3.52. The number of aryl methyl sites for hydroxylation is 1. The summed E-state index contributed by atoms with van der Waals surface area (Å²) in [4.78, 5) is 13.5. The highest BCUT2D eigenvalue weighted by atomic mass is 35.5. The molecule has 166 valence electrons. The van der Waals surface area contributed by atoms with Gasteiger partial charge in [0.15, 0.2) is 0 Å². The van der Waals surface area contributed by atoms with Gasteiger partial charge in [-0.05, 0) is 37.5 Å². The molecule has 2 aromatic heterocycles. The quantitative estimate of drug-likeness (QED) is 0.443. The summed E-state index contributed by atoms with van der Waals surface area (Å²) in [7, 11) is -3.53. The Kier molecular flexibility index (Phi) is 5.31. The lowest BCUT2D eigenvalue weighted by molar-refractivity contribution is 0.267. The topological polar surface area (TPSA) is 85.4 Å². The van der Waals surface area contributed by atoms with Crippen molar-refractivity contribution in [1.82, 2.24) is 14.0 Å². The number of halogens is 1. The summed E-state index contributed by atoms with van der Waals surface area (Å²) in [5.74, 6) is 0.358. The first-order chi connectivity index (χ1) is 15.4. The summed E-state index contributed by atoms with van der Waals surface area (Å²) in [5, 5.41) is 5.58. The average Bonchev–Trinajstić information content (AvgIpc) is 3.16. The van der Waals surface area contributed by atoms with Gasteiger partial charge in [0, 0.05) is 18.5 Å². The summed E-state index contributed by atoms with van der Waals surface area (Å²) >= 11 is 6.50. The minimum absolute atomic E-state index is 0.0637. The highest BCUT2D eigenvalue weighted by Gasteiger charge is 2.32. The van der Waals surface area contributed by atoms with Crippen LogP contribution in [0.1, 0.15) is 30.2 Å². The molecule has 2 aromatic carbocycles. The number of aromatic nitrogens is 2. The zero-order valence-corrected chi connectivity index (χ0v) is 19.1. The Balaban J connectivity index is 1.60. The van der Waals surface area contributed by atoms with Gasteiger partial charge in [-0.1, -0.05) is 53.2 Å². The van der Waals surface area contributed by atoms with E-state index in [0.29, 0.717) is 52.0 Å². The zero-order chi connectivity index (χ0) is 22.5. The lowest BCUT2D eigenvalue weighted by atomic mass is 10.0. The summed E-state index contributed by atoms with van der Waals surface area (Å²) in [5.41, 5.74) is 1.58. The first-order valence-corrected chi connectivity index (χ1v) is 12.5. The molecular formula is C23H22ClN3O4S. The zero-order valence-electron chi connectivity index (χ0n) is 17.5. The van der Waals surface area contributed by atoms with Crippen LogP contribution in [0.5, 0.6) is 0 Å². The van der Waals surface area contributed by atoms with Crippen LogP contribution < -0.4 is 5.56 Å². The van der Waals surface area contributed by atoms with Crippen molar-refractivity contribution in [3.05, 3.63) is 75.2 Å². The number of fused-ring (bicyclic) bond motifs is 3. The van der Waals surface area contributed by atoms with E-state index in [-0.39, 0.29) is 23.9 Å². The first-order valence-electron chi connectivity index (χ1n) is 10.5. The summed E-state index contributed by atoms with van der Waals surface area (Å²) in [6.07, 6.45) is 1.35. The van der Waals surface area contributed by atoms with E-state index < -0.39 is 10.0 Å². The van der Waals surface area contributed by atoms with E-state index in [4.69, 9.17) is 16.1 Å². The fraction of sp³-hybridized carbons (Fsp3) is 0.304. The molecule has 1 unspecified atom stereocenters. The average molecular weight is 472 g/mol. The maximum absolute atomic E-state index is 13.5. The van der Waals surface area contributed by atoms with Crippen molar-refractivity contribution >= 4 is 43.4 Å². The van der Waals surface area contributed by atoms with Crippen LogP contribution in [-0.4, -0.2) is 35.5 Å². The maximum atomic E-state index is 13.5. The minimum atomic E-state index is -3.53. The number of nitrogens with zero attached hydrogens (tertiary/aromatic N) is 3. The van der Waals surface area contributed by atoms with E-state index >= 15 is 0 Å². The molecule has 1 aliphatic rings. The van der Waals surface area contributed by atoms with Gasteiger partial charge in [-0.25, -0.2) is 8.42 Å². The number of pyridine rings is 1. The molecule has 7 nitrogen and oxygen atoms in total. The van der Waals surface area contributed by atoms with Crippen LogP contribution in [-0.2, 0) is 15.8 Å². The largest absolute Gasteiger partial charge is 0.360 e. The van der Waals surface area contributed by atoms with E-state index in [0.717, 1.165) is 5.56 Å². The number of hydrogen-bond acceptors (Lipinski definition) is 5. The van der Waals surface area contributed by atoms with Gasteiger partial charge in [0.05, 0.1) is 22.3 Å². The second kappa shape index (κ2) is 8.03. The molecule has 1 aliphatic heterocycles. The molecule has 3 heterocycles. The van der Waals surface area contributed by atoms with Crippen LogP contribution in [0, 0.1) is 6.92 Å². The van der Waals surface area contributed by atoms with Crippen LogP contribution in [0.15, 0.2) is 57.8 Å². The molecule has 5 rings (SSSR count). The van der Waals surface area contributed by atoms with Gasteiger partial charge in [-0.2, -0.15) is 4.31 Å². The molecule has 0 spiro atoms. The lowest BCUT2D eigenvalue weighted by Gasteiger charge is -2.33. The molecule has 0 radical (unpaired) electrons. The third-order valence-corrected chi connectivity index (χ3v) is 8.22. The van der Waals surface area contributed by atoms with E-state index in [1.165, 1.54) is 4.31 Å². The molecular weight excluding hydrogens is 450 g/mol. The number of piperidine rings is 1. The molecule has 4 aromatic rings. The Bertz CT molecular complexity index is 1480. The highest BCUT2D eigenvalue weighted by Crippen LogP contribution is 2.33. The fourth-order valence-electron chi connectivity index (χ4n) is 4.60. The van der Waals surface area contributed by atoms with Gasteiger partial charge < -0.3 is 9.09 Å². The number of benzene rings is 2. The number of hydrogen-bond donors (Lipinski definition) is 0. The highest BCUT2D eigenvalue weighted by molar-refractivity contribution is 7.88. The normalized spacial score (nSPS) is 17.9. The van der Waals surface area contributed by atoms with Gasteiger partial charge in [-0.15, -0.1) is 0 Å². The van der Waals surface area contributed by atoms with Crippen LogP contribution >= 0.6 is 11.6 Å². The third-order valence-electron chi connectivity index (χ3n) is 6.09. The van der Waals surface area contributed by atoms with Gasteiger partial charge in [0.1, 0.15) is 16.7 Å². The number of sulfonamides is 1. The van der Waals surface area contributed by atoms with Crippen LogP contribution in [0.4, 0.5) is 0 Å². The Morgan fingerprint density at radius 3 is 2.69 bits per heavy atom. The smallest absolute Gasteiger partial charge is 0.264 e. The van der Waals surface area contributed by atoms with Crippen molar-refractivity contribution < 1.29 is 12.9 Å². The Morgan fingerprint density at radius 2 is 1.91 bits per heavy atom. The standard InChI is InChI=1S/C23H22ClN3O4S/c1-15-20-22(25-31-15)21-18(24)10-5-11-19(21)27(23(20)28)17-9-6-12-26(13-17)32(29,30)14-16-7-3-2-4-8-16/h2-5,7-8,10-11,17H,6,9,12-14H2,1H3. The van der Waals surface area contributed by atoms with Gasteiger partial charge in [0.2, 0.25) is 10.0 Å². The maximum Gasteiger partial charge on any atom is 0.264 e. The molecule has 0 aliphatic carbocycles. The Labute approximate surface area is 190 Å². The van der Waals surface area contributed by atoms with Crippen molar-refractivity contribution in [1.29, 1.82) is 0 Å². The minimum Gasteiger partial charge on any atom is -0.360 e. The van der Waals surface area contributed by atoms with Crippen molar-refractivity contribution in [2.75, 3.05) is 13.1 Å². The molecule has 9 heteroatoms. The summed E-state index contributed by atoms with van der Waals surface area (Å²) in [6.45, 7) is 2.36. The molecule has 0 bridgehead atoms. The van der Waals surface area contributed by atoms with Crippen molar-refractivity contribution in [2.45, 2.75) is 31.6 Å².